The van der Waals surface area contributed by atoms with Crippen LogP contribution in [0.5, 0.6) is 0 Å². The number of nitrogens with one attached hydrogen (secondary N) is 2. The van der Waals surface area contributed by atoms with E-state index >= 15 is 0 Å². The zero-order chi connectivity index (χ0) is 17.7. The smallest absolute Gasteiger partial charge is 0.315 e. The van der Waals surface area contributed by atoms with Crippen molar-refractivity contribution in [2.24, 2.45) is 0 Å². The van der Waals surface area contributed by atoms with Crippen molar-refractivity contribution >= 4 is 6.03 Å². The Morgan fingerprint density at radius 2 is 2.08 bits per heavy atom. The van der Waals surface area contributed by atoms with E-state index in [9.17, 15) is 14.3 Å². The topological polar surface area (TPSA) is 87.4 Å². The van der Waals surface area contributed by atoms with Gasteiger partial charge in [-0.1, -0.05) is 30.3 Å². The number of urea groups is 1. The van der Waals surface area contributed by atoms with Crippen molar-refractivity contribution in [2.45, 2.75) is 39.3 Å². The Bertz CT molecular complexity index is 683. The van der Waals surface area contributed by atoms with Crippen molar-refractivity contribution in [1.82, 2.24) is 15.8 Å². The number of amides is 2. The minimum atomic E-state index is -1.11. The van der Waals surface area contributed by atoms with E-state index in [0.29, 0.717) is 12.2 Å². The molecule has 1 heterocycles. The molecule has 2 rings (SSSR count). The average molecular weight is 335 g/mol. The first-order chi connectivity index (χ1) is 11.4. The van der Waals surface area contributed by atoms with Crippen LogP contribution in [0.3, 0.4) is 0 Å². The molecule has 1 aromatic heterocycles. The molecule has 2 unspecified atom stereocenters. The summed E-state index contributed by atoms with van der Waals surface area (Å²) in [6.07, 6.45) is -0.456. The van der Waals surface area contributed by atoms with E-state index in [0.717, 1.165) is 11.3 Å². The van der Waals surface area contributed by atoms with E-state index in [4.69, 9.17) is 4.52 Å². The fourth-order valence-corrected chi connectivity index (χ4v) is 2.62. The molecule has 2 amide bonds. The van der Waals surface area contributed by atoms with Gasteiger partial charge < -0.3 is 20.3 Å². The summed E-state index contributed by atoms with van der Waals surface area (Å²) in [5.41, 5.74) is 1.73. The lowest BCUT2D eigenvalue weighted by atomic mass is 10.0. The second-order valence-corrected chi connectivity index (χ2v) is 5.59. The lowest BCUT2D eigenvalue weighted by molar-refractivity contribution is 0.168. The highest BCUT2D eigenvalue weighted by Crippen LogP contribution is 2.23. The highest BCUT2D eigenvalue weighted by molar-refractivity contribution is 5.74. The summed E-state index contributed by atoms with van der Waals surface area (Å²) in [4.78, 5) is 12.1. The van der Waals surface area contributed by atoms with Crippen LogP contribution in [0.25, 0.3) is 0 Å². The second-order valence-electron chi connectivity index (χ2n) is 5.59. The maximum Gasteiger partial charge on any atom is 0.315 e. The number of rotatable bonds is 6. The van der Waals surface area contributed by atoms with Crippen LogP contribution >= 0.6 is 0 Å². The fraction of sp³-hybridized carbons (Fsp3) is 0.412. The first-order valence-electron chi connectivity index (χ1n) is 7.83. The molecule has 0 bridgehead atoms. The molecule has 7 heteroatoms. The highest BCUT2D eigenvalue weighted by Gasteiger charge is 2.21. The van der Waals surface area contributed by atoms with Crippen LogP contribution in [0.15, 0.2) is 28.8 Å². The molecule has 0 aliphatic rings. The van der Waals surface area contributed by atoms with Gasteiger partial charge in [-0.2, -0.15) is 0 Å². The largest absolute Gasteiger partial charge is 0.386 e. The molecule has 3 N–H and O–H groups in total. The van der Waals surface area contributed by atoms with E-state index < -0.39 is 18.0 Å². The number of carbonyl (C=O) groups is 1. The number of nitrogens with zero attached hydrogens (tertiary/aromatic N) is 1. The van der Waals surface area contributed by atoms with Gasteiger partial charge in [0.15, 0.2) is 0 Å². The molecule has 0 spiro atoms. The lowest BCUT2D eigenvalue weighted by Crippen LogP contribution is -2.40. The van der Waals surface area contributed by atoms with Crippen LogP contribution in [-0.2, 0) is 0 Å². The minimum Gasteiger partial charge on any atom is -0.386 e. The monoisotopic (exact) mass is 335 g/mol. The van der Waals surface area contributed by atoms with Gasteiger partial charge in [0.2, 0.25) is 0 Å². The van der Waals surface area contributed by atoms with E-state index in [-0.39, 0.29) is 18.2 Å². The Hall–Kier alpha value is -2.41. The van der Waals surface area contributed by atoms with E-state index in [1.54, 1.807) is 19.1 Å². The number of aryl methyl sites for hydroxylation is 2. The molecule has 0 aliphatic heterocycles. The molecule has 0 saturated carbocycles. The number of halogens is 1. The SMILES string of the molecule is CCC(NC(=O)NCC(O)c1ccccc1F)c1c(C)noc1C. The van der Waals surface area contributed by atoms with Gasteiger partial charge in [0.05, 0.1) is 17.8 Å². The Balaban J connectivity index is 1.94. The second kappa shape index (κ2) is 7.92. The summed E-state index contributed by atoms with van der Waals surface area (Å²) in [5.74, 6) is 0.153. The molecule has 2 atom stereocenters. The molecule has 2 aromatic rings. The number of benzene rings is 1. The van der Waals surface area contributed by atoms with Crippen LogP contribution in [0, 0.1) is 19.7 Å². The van der Waals surface area contributed by atoms with Gasteiger partial charge in [-0.05, 0) is 26.3 Å². The van der Waals surface area contributed by atoms with Crippen LogP contribution in [-0.4, -0.2) is 22.8 Å². The summed E-state index contributed by atoms with van der Waals surface area (Å²) in [7, 11) is 0. The van der Waals surface area contributed by atoms with Crippen molar-refractivity contribution in [2.75, 3.05) is 6.54 Å². The number of aliphatic hydroxyl groups excluding tert-OH is 1. The van der Waals surface area contributed by atoms with Crippen molar-refractivity contribution < 1.29 is 18.8 Å². The van der Waals surface area contributed by atoms with Gasteiger partial charge in [-0.25, -0.2) is 9.18 Å². The Kier molecular flexibility index (Phi) is 5.92. The van der Waals surface area contributed by atoms with Crippen LogP contribution in [0.1, 0.15) is 48.1 Å². The predicted octanol–water partition coefficient (Wildman–Crippen LogP) is 2.91. The number of aliphatic hydroxyl groups is 1. The van der Waals surface area contributed by atoms with E-state index in [1.165, 1.54) is 12.1 Å². The molecule has 0 aliphatic carbocycles. The molecule has 6 nitrogen and oxygen atoms in total. The minimum absolute atomic E-state index is 0.0925. The predicted molar refractivity (Wildman–Crippen MR) is 86.9 cm³/mol. The molecule has 0 saturated heterocycles. The summed E-state index contributed by atoms with van der Waals surface area (Å²) in [5, 5.41) is 19.3. The van der Waals surface area contributed by atoms with Crippen molar-refractivity contribution in [3.8, 4) is 0 Å². The Morgan fingerprint density at radius 3 is 2.67 bits per heavy atom. The maximum atomic E-state index is 13.6. The molecule has 24 heavy (non-hydrogen) atoms. The van der Waals surface area contributed by atoms with Crippen molar-refractivity contribution in [3.63, 3.8) is 0 Å². The molecule has 0 fully saturated rings. The fourth-order valence-electron chi connectivity index (χ4n) is 2.62. The zero-order valence-electron chi connectivity index (χ0n) is 14.0. The third-order valence-electron chi connectivity index (χ3n) is 3.87. The van der Waals surface area contributed by atoms with Gasteiger partial charge in [0, 0.05) is 17.7 Å². The number of hydrogen-bond acceptors (Lipinski definition) is 4. The summed E-state index contributed by atoms with van der Waals surface area (Å²) in [6.45, 7) is 5.45. The maximum absolute atomic E-state index is 13.6. The van der Waals surface area contributed by atoms with Crippen molar-refractivity contribution in [3.05, 3.63) is 52.7 Å². The molecule has 1 aromatic carbocycles. The Morgan fingerprint density at radius 1 is 1.38 bits per heavy atom. The van der Waals surface area contributed by atoms with E-state index in [2.05, 4.69) is 15.8 Å². The van der Waals surface area contributed by atoms with Gasteiger partial charge in [-0.3, -0.25) is 0 Å². The molecular formula is C17H22FN3O3. The summed E-state index contributed by atoms with van der Waals surface area (Å²) in [6, 6.07) is 5.23. The van der Waals surface area contributed by atoms with Crippen LogP contribution in [0.4, 0.5) is 9.18 Å². The number of carbonyl (C=O) groups excluding carboxylic acids is 1. The molecular weight excluding hydrogens is 313 g/mol. The molecule has 0 radical (unpaired) electrons. The van der Waals surface area contributed by atoms with Gasteiger partial charge in [0.1, 0.15) is 11.6 Å². The standard InChI is InChI=1S/C17H22FN3O3/c1-4-14(16-10(2)21-24-11(16)3)20-17(23)19-9-15(22)12-7-5-6-8-13(12)18/h5-8,14-15,22H,4,9H2,1-3H3,(H2,19,20,23). The third-order valence-corrected chi connectivity index (χ3v) is 3.87. The normalized spacial score (nSPS) is 13.4. The van der Waals surface area contributed by atoms with Crippen LogP contribution in [0.2, 0.25) is 0 Å². The van der Waals surface area contributed by atoms with E-state index in [1.807, 2.05) is 13.8 Å². The van der Waals surface area contributed by atoms with Crippen LogP contribution < -0.4 is 10.6 Å². The highest BCUT2D eigenvalue weighted by atomic mass is 19.1. The third kappa shape index (κ3) is 4.11. The van der Waals surface area contributed by atoms with Gasteiger partial charge in [0.25, 0.3) is 0 Å². The molecule has 130 valence electrons. The average Bonchev–Trinajstić information content (AvgIpc) is 2.90. The van der Waals surface area contributed by atoms with Gasteiger partial charge in [-0.15, -0.1) is 0 Å². The summed E-state index contributed by atoms with van der Waals surface area (Å²) >= 11 is 0. The lowest BCUT2D eigenvalue weighted by Gasteiger charge is -2.19. The van der Waals surface area contributed by atoms with Crippen molar-refractivity contribution in [1.29, 1.82) is 0 Å². The van der Waals surface area contributed by atoms with Gasteiger partial charge >= 0.3 is 6.03 Å². The summed E-state index contributed by atoms with van der Waals surface area (Å²) < 4.78 is 18.7. The Labute approximate surface area is 140 Å². The quantitative estimate of drug-likeness (QED) is 0.757. The first-order valence-corrected chi connectivity index (χ1v) is 7.83. The number of aromatic nitrogens is 1. The zero-order valence-corrected chi connectivity index (χ0v) is 14.0. The number of hydrogen-bond donors (Lipinski definition) is 3. The first kappa shape index (κ1) is 17.9.